The van der Waals surface area contributed by atoms with E-state index in [1.54, 1.807) is 18.0 Å². The van der Waals surface area contributed by atoms with E-state index in [-0.39, 0.29) is 6.61 Å². The lowest BCUT2D eigenvalue weighted by Crippen LogP contribution is -2.03. The van der Waals surface area contributed by atoms with E-state index in [1.165, 1.54) is 5.56 Å². The topological polar surface area (TPSA) is 59.3 Å². The summed E-state index contributed by atoms with van der Waals surface area (Å²) >= 11 is 0. The van der Waals surface area contributed by atoms with Gasteiger partial charge in [-0.3, -0.25) is 4.68 Å². The van der Waals surface area contributed by atoms with Crippen molar-refractivity contribution in [3.05, 3.63) is 41.7 Å². The van der Waals surface area contributed by atoms with Gasteiger partial charge in [0.05, 0.1) is 32.1 Å². The number of nitrogens with zero attached hydrogens (tertiary/aromatic N) is 2. The van der Waals surface area contributed by atoms with Gasteiger partial charge in [0.1, 0.15) is 5.75 Å². The van der Waals surface area contributed by atoms with Crippen LogP contribution in [-0.2, 0) is 13.1 Å². The van der Waals surface area contributed by atoms with Crippen LogP contribution in [-0.4, -0.2) is 28.6 Å². The van der Waals surface area contributed by atoms with Gasteiger partial charge in [-0.2, -0.15) is 5.10 Å². The zero-order chi connectivity index (χ0) is 13.7. The van der Waals surface area contributed by atoms with Crippen LogP contribution in [0.1, 0.15) is 11.1 Å². The van der Waals surface area contributed by atoms with Crippen molar-refractivity contribution in [2.75, 3.05) is 19.0 Å². The Bertz CT molecular complexity index is 537. The second-order valence-electron chi connectivity index (χ2n) is 4.39. The number of hydrogen-bond acceptors (Lipinski definition) is 4. The smallest absolute Gasteiger partial charge is 0.141 e. The Morgan fingerprint density at radius 2 is 2.26 bits per heavy atom. The van der Waals surface area contributed by atoms with Gasteiger partial charge < -0.3 is 15.2 Å². The van der Waals surface area contributed by atoms with Gasteiger partial charge >= 0.3 is 0 Å². The summed E-state index contributed by atoms with van der Waals surface area (Å²) in [4.78, 5) is 0. The molecule has 0 aliphatic rings. The molecule has 19 heavy (non-hydrogen) atoms. The molecule has 0 radical (unpaired) electrons. The second kappa shape index (κ2) is 6.24. The minimum Gasteiger partial charge on any atom is -0.495 e. The van der Waals surface area contributed by atoms with Gasteiger partial charge in [0.15, 0.2) is 0 Å². The largest absolute Gasteiger partial charge is 0.495 e. The molecule has 1 aromatic carbocycles. The molecule has 0 atom stereocenters. The van der Waals surface area contributed by atoms with Crippen LogP contribution in [0.15, 0.2) is 30.6 Å². The number of nitrogens with one attached hydrogen (secondary N) is 1. The summed E-state index contributed by atoms with van der Waals surface area (Å²) in [6.07, 6.45) is 3.72. The Morgan fingerprint density at radius 3 is 3.00 bits per heavy atom. The zero-order valence-electron chi connectivity index (χ0n) is 11.3. The van der Waals surface area contributed by atoms with Gasteiger partial charge in [-0.15, -0.1) is 0 Å². The predicted octanol–water partition coefficient (Wildman–Crippen LogP) is 1.80. The first-order chi connectivity index (χ1) is 9.22. The van der Waals surface area contributed by atoms with Gasteiger partial charge in [-0.05, 0) is 24.6 Å². The van der Waals surface area contributed by atoms with Crippen LogP contribution in [0.25, 0.3) is 0 Å². The van der Waals surface area contributed by atoms with Crippen molar-refractivity contribution in [3.8, 4) is 5.75 Å². The van der Waals surface area contributed by atoms with Crippen LogP contribution in [0.3, 0.4) is 0 Å². The Hall–Kier alpha value is -2.01. The maximum Gasteiger partial charge on any atom is 0.141 e. The SMILES string of the molecule is COc1ccc(C)cc1NCc1cnn(CCO)c1. The Balaban J connectivity index is 2.03. The predicted molar refractivity (Wildman–Crippen MR) is 74.4 cm³/mol. The molecular formula is C14H19N3O2. The maximum atomic E-state index is 8.84. The lowest BCUT2D eigenvalue weighted by Gasteiger charge is -2.11. The van der Waals surface area contributed by atoms with Gasteiger partial charge in [0.25, 0.3) is 0 Å². The van der Waals surface area contributed by atoms with Crippen LogP contribution in [0.2, 0.25) is 0 Å². The molecule has 1 aromatic heterocycles. The van der Waals surface area contributed by atoms with Gasteiger partial charge in [-0.25, -0.2) is 0 Å². The highest BCUT2D eigenvalue weighted by atomic mass is 16.5. The number of rotatable bonds is 6. The molecule has 0 spiro atoms. The van der Waals surface area contributed by atoms with E-state index in [0.717, 1.165) is 17.0 Å². The molecule has 102 valence electrons. The summed E-state index contributed by atoms with van der Waals surface area (Å²) in [6, 6.07) is 6.02. The highest BCUT2D eigenvalue weighted by Crippen LogP contribution is 2.25. The summed E-state index contributed by atoms with van der Waals surface area (Å²) in [5.74, 6) is 0.827. The number of anilines is 1. The second-order valence-corrected chi connectivity index (χ2v) is 4.39. The number of methoxy groups -OCH3 is 1. The summed E-state index contributed by atoms with van der Waals surface area (Å²) in [5.41, 5.74) is 3.22. The third kappa shape index (κ3) is 3.48. The number of ether oxygens (including phenoxy) is 1. The minimum absolute atomic E-state index is 0.0975. The van der Waals surface area contributed by atoms with E-state index in [4.69, 9.17) is 9.84 Å². The Labute approximate surface area is 112 Å². The van der Waals surface area contributed by atoms with E-state index in [2.05, 4.69) is 16.5 Å². The number of aryl methyl sites for hydroxylation is 1. The monoisotopic (exact) mass is 261 g/mol. The molecule has 0 unspecified atom stereocenters. The molecule has 0 saturated carbocycles. The van der Waals surface area contributed by atoms with Gasteiger partial charge in [0, 0.05) is 18.3 Å². The number of aliphatic hydroxyl groups excluding tert-OH is 1. The molecule has 2 N–H and O–H groups in total. The average molecular weight is 261 g/mol. The molecule has 2 aromatic rings. The molecule has 0 bridgehead atoms. The maximum absolute atomic E-state index is 8.84. The van der Waals surface area contributed by atoms with Crippen LogP contribution in [0.4, 0.5) is 5.69 Å². The van der Waals surface area contributed by atoms with Crippen molar-refractivity contribution in [1.82, 2.24) is 9.78 Å². The van der Waals surface area contributed by atoms with Crippen molar-refractivity contribution in [1.29, 1.82) is 0 Å². The van der Waals surface area contributed by atoms with E-state index in [1.807, 2.05) is 25.3 Å². The lowest BCUT2D eigenvalue weighted by atomic mass is 10.2. The molecule has 2 rings (SSSR count). The summed E-state index contributed by atoms with van der Waals surface area (Å²) in [6.45, 7) is 3.34. The average Bonchev–Trinajstić information content (AvgIpc) is 2.85. The quantitative estimate of drug-likeness (QED) is 0.832. The summed E-state index contributed by atoms with van der Waals surface area (Å²) in [5, 5.41) is 16.3. The normalized spacial score (nSPS) is 10.5. The van der Waals surface area contributed by atoms with Crippen LogP contribution in [0, 0.1) is 6.92 Å². The van der Waals surface area contributed by atoms with Crippen LogP contribution in [0.5, 0.6) is 5.75 Å². The molecule has 0 fully saturated rings. The van der Waals surface area contributed by atoms with E-state index in [9.17, 15) is 0 Å². The van der Waals surface area contributed by atoms with Crippen molar-refractivity contribution >= 4 is 5.69 Å². The van der Waals surface area contributed by atoms with Crippen molar-refractivity contribution in [3.63, 3.8) is 0 Å². The first kappa shape index (κ1) is 13.4. The Morgan fingerprint density at radius 1 is 1.42 bits per heavy atom. The van der Waals surface area contributed by atoms with Crippen molar-refractivity contribution in [2.45, 2.75) is 20.0 Å². The van der Waals surface area contributed by atoms with E-state index < -0.39 is 0 Å². The fourth-order valence-corrected chi connectivity index (χ4v) is 1.88. The number of benzene rings is 1. The molecule has 0 saturated heterocycles. The number of hydrogen-bond donors (Lipinski definition) is 2. The first-order valence-electron chi connectivity index (χ1n) is 6.23. The highest BCUT2D eigenvalue weighted by Gasteiger charge is 2.04. The van der Waals surface area contributed by atoms with Crippen LogP contribution >= 0.6 is 0 Å². The molecule has 0 aliphatic heterocycles. The van der Waals surface area contributed by atoms with Crippen molar-refractivity contribution in [2.24, 2.45) is 0 Å². The first-order valence-corrected chi connectivity index (χ1v) is 6.23. The molecule has 5 nitrogen and oxygen atoms in total. The van der Waals surface area contributed by atoms with Crippen LogP contribution < -0.4 is 10.1 Å². The van der Waals surface area contributed by atoms with E-state index >= 15 is 0 Å². The molecule has 0 amide bonds. The highest BCUT2D eigenvalue weighted by molar-refractivity contribution is 5.58. The fourth-order valence-electron chi connectivity index (χ4n) is 1.88. The van der Waals surface area contributed by atoms with Gasteiger partial charge in [-0.1, -0.05) is 6.07 Å². The number of aromatic nitrogens is 2. The number of aliphatic hydroxyl groups is 1. The Kier molecular flexibility index (Phi) is 4.41. The molecule has 0 aliphatic carbocycles. The third-order valence-corrected chi connectivity index (χ3v) is 2.85. The van der Waals surface area contributed by atoms with Gasteiger partial charge in [0.2, 0.25) is 0 Å². The molecule has 1 heterocycles. The summed E-state index contributed by atoms with van der Waals surface area (Å²) < 4.78 is 7.04. The third-order valence-electron chi connectivity index (χ3n) is 2.85. The zero-order valence-corrected chi connectivity index (χ0v) is 11.3. The summed E-state index contributed by atoms with van der Waals surface area (Å²) in [7, 11) is 1.66. The fraction of sp³-hybridized carbons (Fsp3) is 0.357. The molecule has 5 heteroatoms. The lowest BCUT2D eigenvalue weighted by molar-refractivity contribution is 0.269. The molecular weight excluding hydrogens is 242 g/mol. The van der Waals surface area contributed by atoms with Crippen molar-refractivity contribution < 1.29 is 9.84 Å². The minimum atomic E-state index is 0.0975. The van der Waals surface area contributed by atoms with E-state index in [0.29, 0.717) is 13.1 Å². The standard InChI is InChI=1S/C14H19N3O2/c1-11-3-4-14(19-2)13(7-11)15-8-12-9-16-17(10-12)5-6-18/h3-4,7,9-10,15,18H,5-6,8H2,1-2H3.